The summed E-state index contributed by atoms with van der Waals surface area (Å²) in [6.07, 6.45) is 2.83. The van der Waals surface area contributed by atoms with Crippen LogP contribution in [0.15, 0.2) is 36.5 Å². The van der Waals surface area contributed by atoms with E-state index < -0.39 is 0 Å². The number of aromatic nitrogens is 1. The highest BCUT2D eigenvalue weighted by atomic mass is 19.1. The fourth-order valence-electron chi connectivity index (χ4n) is 2.24. The molecular weight excluding hydrogens is 251 g/mol. The van der Waals surface area contributed by atoms with Gasteiger partial charge in [-0.05, 0) is 44.0 Å². The molecule has 0 aliphatic carbocycles. The minimum Gasteiger partial charge on any atom is -0.306 e. The summed E-state index contributed by atoms with van der Waals surface area (Å²) in [5.74, 6) is -0.137. The van der Waals surface area contributed by atoms with Gasteiger partial charge in [0.05, 0.1) is 6.04 Å². The van der Waals surface area contributed by atoms with Crippen LogP contribution in [-0.4, -0.2) is 11.5 Å². The molecule has 0 saturated carbocycles. The summed E-state index contributed by atoms with van der Waals surface area (Å²) in [6, 6.07) is 9.36. The van der Waals surface area contributed by atoms with E-state index in [1.807, 2.05) is 37.4 Å². The van der Waals surface area contributed by atoms with E-state index in [1.54, 1.807) is 13.0 Å². The smallest absolute Gasteiger partial charge is 0.131 e. The number of benzene rings is 1. The molecule has 0 aliphatic rings. The van der Waals surface area contributed by atoms with Gasteiger partial charge in [-0.1, -0.05) is 31.2 Å². The summed E-state index contributed by atoms with van der Waals surface area (Å²) < 4.78 is 14.4. The van der Waals surface area contributed by atoms with Crippen molar-refractivity contribution in [2.24, 2.45) is 0 Å². The van der Waals surface area contributed by atoms with Crippen LogP contribution >= 0.6 is 0 Å². The third-order valence-corrected chi connectivity index (χ3v) is 3.40. The fourth-order valence-corrected chi connectivity index (χ4v) is 2.24. The lowest BCUT2D eigenvalue weighted by Crippen LogP contribution is -2.24. The lowest BCUT2D eigenvalue weighted by molar-refractivity contribution is 0.541. The Kier molecular flexibility index (Phi) is 4.85. The molecule has 1 unspecified atom stereocenters. The number of hydrogen-bond donors (Lipinski definition) is 1. The molecule has 2 aromatic rings. The number of nitrogens with zero attached hydrogens (tertiary/aromatic N) is 1. The maximum absolute atomic E-state index is 14.4. The van der Waals surface area contributed by atoms with Crippen molar-refractivity contribution in [1.82, 2.24) is 10.3 Å². The highest BCUT2D eigenvalue weighted by molar-refractivity contribution is 5.34. The second-order valence-electron chi connectivity index (χ2n) is 5.10. The molecule has 1 aromatic carbocycles. The molecule has 20 heavy (non-hydrogen) atoms. The van der Waals surface area contributed by atoms with Gasteiger partial charge in [0.2, 0.25) is 0 Å². The average Bonchev–Trinajstić information content (AvgIpc) is 2.45. The predicted molar refractivity (Wildman–Crippen MR) is 80.2 cm³/mol. The molecule has 0 aliphatic heterocycles. The van der Waals surface area contributed by atoms with Crippen LogP contribution in [0.5, 0.6) is 0 Å². The van der Waals surface area contributed by atoms with Crippen LogP contribution in [0, 0.1) is 19.7 Å². The second kappa shape index (κ2) is 6.62. The van der Waals surface area contributed by atoms with Crippen LogP contribution in [0.1, 0.15) is 41.8 Å². The van der Waals surface area contributed by atoms with Crippen LogP contribution < -0.4 is 5.32 Å². The van der Waals surface area contributed by atoms with E-state index in [1.165, 1.54) is 0 Å². The largest absolute Gasteiger partial charge is 0.306 e. The van der Waals surface area contributed by atoms with Gasteiger partial charge >= 0.3 is 0 Å². The Morgan fingerprint density at radius 3 is 2.65 bits per heavy atom. The van der Waals surface area contributed by atoms with Crippen molar-refractivity contribution in [2.75, 3.05) is 6.54 Å². The number of pyridine rings is 1. The van der Waals surface area contributed by atoms with Crippen molar-refractivity contribution in [3.63, 3.8) is 0 Å². The van der Waals surface area contributed by atoms with E-state index >= 15 is 0 Å². The van der Waals surface area contributed by atoms with Gasteiger partial charge in [-0.3, -0.25) is 4.98 Å². The van der Waals surface area contributed by atoms with Crippen LogP contribution in [-0.2, 0) is 0 Å². The molecule has 2 nitrogen and oxygen atoms in total. The number of hydrogen-bond acceptors (Lipinski definition) is 2. The average molecular weight is 272 g/mol. The second-order valence-corrected chi connectivity index (χ2v) is 5.10. The monoisotopic (exact) mass is 272 g/mol. The summed E-state index contributed by atoms with van der Waals surface area (Å²) in [5.41, 5.74) is 3.32. The van der Waals surface area contributed by atoms with Crippen molar-refractivity contribution in [3.8, 4) is 0 Å². The maximum atomic E-state index is 14.4. The standard InChI is InChI=1S/C17H21FN2/c1-4-10-19-17(14-9-8-13(3)20-11-14)15-7-5-6-12(2)16(15)18/h5-9,11,17,19H,4,10H2,1-3H3. The van der Waals surface area contributed by atoms with Gasteiger partial charge in [0.15, 0.2) is 0 Å². The Morgan fingerprint density at radius 2 is 2.00 bits per heavy atom. The number of nitrogens with one attached hydrogen (secondary N) is 1. The molecule has 3 heteroatoms. The third-order valence-electron chi connectivity index (χ3n) is 3.40. The molecule has 0 radical (unpaired) electrons. The van der Waals surface area contributed by atoms with Gasteiger partial charge in [0, 0.05) is 17.5 Å². The molecule has 1 atom stereocenters. The Hall–Kier alpha value is -1.74. The molecule has 0 bridgehead atoms. The molecule has 1 aromatic heterocycles. The Labute approximate surface area is 120 Å². The molecule has 1 heterocycles. The first-order valence-corrected chi connectivity index (χ1v) is 7.04. The van der Waals surface area contributed by atoms with E-state index in [0.29, 0.717) is 11.1 Å². The van der Waals surface area contributed by atoms with Gasteiger partial charge in [0.1, 0.15) is 5.82 Å². The van der Waals surface area contributed by atoms with Crippen LogP contribution in [0.2, 0.25) is 0 Å². The highest BCUT2D eigenvalue weighted by Gasteiger charge is 2.18. The van der Waals surface area contributed by atoms with Crippen molar-refractivity contribution in [3.05, 3.63) is 64.7 Å². The van der Waals surface area contributed by atoms with Gasteiger partial charge in [-0.25, -0.2) is 4.39 Å². The zero-order valence-corrected chi connectivity index (χ0v) is 12.3. The van der Waals surface area contributed by atoms with Crippen molar-refractivity contribution < 1.29 is 4.39 Å². The lowest BCUT2D eigenvalue weighted by Gasteiger charge is -2.20. The first-order chi connectivity index (χ1) is 9.63. The summed E-state index contributed by atoms with van der Waals surface area (Å²) in [6.45, 7) is 6.69. The third kappa shape index (κ3) is 3.23. The summed E-state index contributed by atoms with van der Waals surface area (Å²) in [5, 5.41) is 3.41. The first-order valence-electron chi connectivity index (χ1n) is 7.04. The molecule has 0 amide bonds. The van der Waals surface area contributed by atoms with Crippen molar-refractivity contribution >= 4 is 0 Å². The first kappa shape index (κ1) is 14.7. The predicted octanol–water partition coefficient (Wildman–Crippen LogP) is 3.93. The molecule has 0 fully saturated rings. The molecule has 0 spiro atoms. The minimum atomic E-state index is -0.150. The minimum absolute atomic E-state index is 0.137. The number of halogens is 1. The summed E-state index contributed by atoms with van der Waals surface area (Å²) >= 11 is 0. The van der Waals surface area contributed by atoms with Crippen molar-refractivity contribution in [2.45, 2.75) is 33.2 Å². The van der Waals surface area contributed by atoms with E-state index in [-0.39, 0.29) is 11.9 Å². The molecule has 0 saturated heterocycles. The summed E-state index contributed by atoms with van der Waals surface area (Å²) in [4.78, 5) is 4.32. The highest BCUT2D eigenvalue weighted by Crippen LogP contribution is 2.25. The number of aryl methyl sites for hydroxylation is 2. The zero-order valence-electron chi connectivity index (χ0n) is 12.3. The van der Waals surface area contributed by atoms with Crippen molar-refractivity contribution in [1.29, 1.82) is 0 Å². The molecule has 2 rings (SSSR count). The quantitative estimate of drug-likeness (QED) is 0.892. The van der Waals surface area contributed by atoms with E-state index in [4.69, 9.17) is 0 Å². The molecular formula is C17H21FN2. The Bertz CT molecular complexity index is 564. The number of rotatable bonds is 5. The van der Waals surface area contributed by atoms with Crippen LogP contribution in [0.4, 0.5) is 4.39 Å². The Balaban J connectivity index is 2.41. The van der Waals surface area contributed by atoms with Gasteiger partial charge in [0.25, 0.3) is 0 Å². The van der Waals surface area contributed by atoms with Crippen LogP contribution in [0.3, 0.4) is 0 Å². The van der Waals surface area contributed by atoms with Gasteiger partial charge in [-0.2, -0.15) is 0 Å². The molecule has 106 valence electrons. The van der Waals surface area contributed by atoms with E-state index in [2.05, 4.69) is 17.2 Å². The SMILES string of the molecule is CCCNC(c1ccc(C)nc1)c1cccc(C)c1F. The summed E-state index contributed by atoms with van der Waals surface area (Å²) in [7, 11) is 0. The molecule has 1 N–H and O–H groups in total. The fraction of sp³-hybridized carbons (Fsp3) is 0.353. The van der Waals surface area contributed by atoms with Gasteiger partial charge < -0.3 is 5.32 Å². The van der Waals surface area contributed by atoms with E-state index in [9.17, 15) is 4.39 Å². The topological polar surface area (TPSA) is 24.9 Å². The zero-order chi connectivity index (χ0) is 14.5. The van der Waals surface area contributed by atoms with Gasteiger partial charge in [-0.15, -0.1) is 0 Å². The van der Waals surface area contributed by atoms with E-state index in [0.717, 1.165) is 24.2 Å². The van der Waals surface area contributed by atoms with Crippen LogP contribution in [0.25, 0.3) is 0 Å². The Morgan fingerprint density at radius 1 is 1.20 bits per heavy atom. The lowest BCUT2D eigenvalue weighted by atomic mass is 9.97. The maximum Gasteiger partial charge on any atom is 0.131 e. The normalized spacial score (nSPS) is 12.4.